The highest BCUT2D eigenvalue weighted by Gasteiger charge is 2.53. The van der Waals surface area contributed by atoms with Gasteiger partial charge in [-0.15, -0.1) is 0 Å². The number of esters is 1. The lowest BCUT2D eigenvalue weighted by atomic mass is 9.54. The third kappa shape index (κ3) is 5.42. The molecule has 7 rings (SSSR count). The summed E-state index contributed by atoms with van der Waals surface area (Å²) in [7, 11) is 1.57. The Hall–Kier alpha value is -2.77. The summed E-state index contributed by atoms with van der Waals surface area (Å²) in [4.78, 5) is 44.1. The van der Waals surface area contributed by atoms with Gasteiger partial charge in [-0.3, -0.25) is 14.5 Å². The molecule has 8 heteroatoms. The van der Waals surface area contributed by atoms with Crippen LogP contribution in [0.3, 0.4) is 0 Å². The summed E-state index contributed by atoms with van der Waals surface area (Å²) in [5.74, 6) is 2.48. The van der Waals surface area contributed by atoms with Gasteiger partial charge < -0.3 is 20.1 Å². The van der Waals surface area contributed by atoms with Crippen LogP contribution in [-0.2, 0) is 14.3 Å². The first kappa shape index (κ1) is 27.4. The molecule has 1 aromatic carbocycles. The van der Waals surface area contributed by atoms with Crippen molar-refractivity contribution in [3.63, 3.8) is 0 Å². The van der Waals surface area contributed by atoms with Crippen molar-refractivity contribution in [2.45, 2.75) is 108 Å². The summed E-state index contributed by atoms with van der Waals surface area (Å²) < 4.78 is 11.8. The van der Waals surface area contributed by atoms with Gasteiger partial charge >= 0.3 is 12.0 Å². The highest BCUT2D eigenvalue weighted by molar-refractivity contribution is 6.00. The van der Waals surface area contributed by atoms with E-state index in [-0.39, 0.29) is 30.1 Å². The summed E-state index contributed by atoms with van der Waals surface area (Å²) in [6, 6.07) is 5.61. The molecule has 2 N–H and O–H groups in total. The molecule has 218 valence electrons. The molecule has 5 saturated carbocycles. The minimum absolute atomic E-state index is 0.0262. The number of anilines is 1. The Balaban J connectivity index is 1.26. The number of hydrogen-bond acceptors (Lipinski definition) is 5. The van der Waals surface area contributed by atoms with E-state index in [1.165, 1.54) is 30.6 Å². The molecule has 1 aromatic rings. The number of methoxy groups -OCH3 is 1. The Morgan fingerprint density at radius 1 is 0.975 bits per heavy atom. The zero-order chi connectivity index (χ0) is 27.9. The first-order valence-corrected chi connectivity index (χ1v) is 15.6. The highest BCUT2D eigenvalue weighted by Crippen LogP contribution is 2.57. The van der Waals surface area contributed by atoms with Crippen LogP contribution in [0.1, 0.15) is 89.9 Å². The van der Waals surface area contributed by atoms with E-state index in [2.05, 4.69) is 0 Å². The molecule has 0 aromatic heterocycles. The Kier molecular flexibility index (Phi) is 7.71. The SMILES string of the molecule is COc1cccc(N(C(N)=O)C2CCCC(C3CCCCC3)N(CC(=O)OC34CC5CC(CC(C5)C3)C4)C2=O)c1. The first-order valence-electron chi connectivity index (χ1n) is 15.6. The van der Waals surface area contributed by atoms with Gasteiger partial charge in [0.2, 0.25) is 5.91 Å². The van der Waals surface area contributed by atoms with Gasteiger partial charge in [-0.2, -0.15) is 0 Å². The molecule has 1 aliphatic heterocycles. The van der Waals surface area contributed by atoms with E-state index >= 15 is 0 Å². The maximum Gasteiger partial charge on any atom is 0.326 e. The Labute approximate surface area is 237 Å². The number of nitrogens with two attached hydrogens (primary N) is 1. The molecule has 4 bridgehead atoms. The maximum atomic E-state index is 14.4. The van der Waals surface area contributed by atoms with Crippen molar-refractivity contribution in [2.75, 3.05) is 18.6 Å². The molecule has 5 aliphatic carbocycles. The number of carbonyl (C=O) groups excluding carboxylic acids is 3. The average molecular weight is 552 g/mol. The first-order chi connectivity index (χ1) is 19.3. The zero-order valence-corrected chi connectivity index (χ0v) is 23.9. The topological polar surface area (TPSA) is 102 Å². The maximum absolute atomic E-state index is 14.4. The van der Waals surface area contributed by atoms with Crippen molar-refractivity contribution in [3.05, 3.63) is 24.3 Å². The Morgan fingerprint density at radius 2 is 1.65 bits per heavy atom. The van der Waals surface area contributed by atoms with E-state index in [9.17, 15) is 14.4 Å². The van der Waals surface area contributed by atoms with E-state index in [1.807, 2.05) is 0 Å². The van der Waals surface area contributed by atoms with Crippen LogP contribution >= 0.6 is 0 Å². The van der Waals surface area contributed by atoms with Crippen LogP contribution in [-0.4, -0.2) is 54.1 Å². The lowest BCUT2D eigenvalue weighted by molar-refractivity contribution is -0.189. The number of primary amides is 1. The largest absolute Gasteiger partial charge is 0.497 e. The summed E-state index contributed by atoms with van der Waals surface area (Å²) in [5, 5.41) is 0. The number of hydrogen-bond donors (Lipinski definition) is 1. The molecule has 6 fully saturated rings. The second kappa shape index (κ2) is 11.2. The molecule has 0 spiro atoms. The number of benzene rings is 1. The van der Waals surface area contributed by atoms with Gasteiger partial charge in [-0.1, -0.05) is 25.3 Å². The summed E-state index contributed by atoms with van der Waals surface area (Å²) in [6.07, 6.45) is 14.5. The number of ether oxygens (including phenoxy) is 2. The lowest BCUT2D eigenvalue weighted by Crippen LogP contribution is -2.57. The molecule has 1 saturated heterocycles. The van der Waals surface area contributed by atoms with Crippen LogP contribution in [0.5, 0.6) is 5.75 Å². The van der Waals surface area contributed by atoms with Crippen LogP contribution in [0.2, 0.25) is 0 Å². The van der Waals surface area contributed by atoms with Gasteiger partial charge in [-0.05, 0) is 106 Å². The standard InChI is InChI=1S/C32H45N3O5/c1-39-26-10-5-9-25(16-26)35(31(33)38)28-12-6-11-27(24-7-3-2-4-8-24)34(30(28)37)20-29(36)40-32-17-21-13-22(18-32)15-23(14-21)19-32/h5,9-10,16,21-24,27-28H,2-4,6-8,11-15,17-20H2,1H3,(H2,33,38). The molecule has 1 heterocycles. The summed E-state index contributed by atoms with van der Waals surface area (Å²) in [5.41, 5.74) is 6.09. The van der Waals surface area contributed by atoms with Crippen LogP contribution < -0.4 is 15.4 Å². The van der Waals surface area contributed by atoms with Gasteiger partial charge in [0.25, 0.3) is 0 Å². The molecular formula is C32H45N3O5. The van der Waals surface area contributed by atoms with E-state index in [1.54, 1.807) is 36.3 Å². The number of rotatable bonds is 7. The van der Waals surface area contributed by atoms with Gasteiger partial charge in [-0.25, -0.2) is 4.79 Å². The zero-order valence-electron chi connectivity index (χ0n) is 23.9. The van der Waals surface area contributed by atoms with Gasteiger partial charge in [0.15, 0.2) is 0 Å². The normalized spacial score (nSPS) is 33.9. The lowest BCUT2D eigenvalue weighted by Gasteiger charge is -2.55. The predicted molar refractivity (Wildman–Crippen MR) is 152 cm³/mol. The minimum atomic E-state index is -0.773. The molecular weight excluding hydrogens is 506 g/mol. The molecule has 8 nitrogen and oxygen atoms in total. The van der Waals surface area contributed by atoms with Crippen LogP contribution in [0, 0.1) is 23.7 Å². The number of amides is 3. The van der Waals surface area contributed by atoms with Gasteiger partial charge in [0.05, 0.1) is 12.8 Å². The molecule has 6 aliphatic rings. The predicted octanol–water partition coefficient (Wildman–Crippen LogP) is 5.42. The summed E-state index contributed by atoms with van der Waals surface area (Å²) in [6.45, 7) is -0.0526. The van der Waals surface area contributed by atoms with Crippen molar-refractivity contribution < 1.29 is 23.9 Å². The average Bonchev–Trinajstić information content (AvgIpc) is 3.07. The molecule has 2 atom stereocenters. The van der Waals surface area contributed by atoms with Crippen LogP contribution in [0.4, 0.5) is 10.5 Å². The van der Waals surface area contributed by atoms with Crippen molar-refractivity contribution in [3.8, 4) is 5.75 Å². The number of carbonyl (C=O) groups is 3. The van der Waals surface area contributed by atoms with Crippen LogP contribution in [0.15, 0.2) is 24.3 Å². The highest BCUT2D eigenvalue weighted by atomic mass is 16.6. The van der Waals surface area contributed by atoms with Crippen molar-refractivity contribution in [2.24, 2.45) is 29.4 Å². The minimum Gasteiger partial charge on any atom is -0.497 e. The van der Waals surface area contributed by atoms with Gasteiger partial charge in [0, 0.05) is 12.1 Å². The summed E-state index contributed by atoms with van der Waals surface area (Å²) >= 11 is 0. The third-order valence-corrected chi connectivity index (χ3v) is 10.6. The second-order valence-corrected chi connectivity index (χ2v) is 13.4. The van der Waals surface area contributed by atoms with Crippen molar-refractivity contribution >= 4 is 23.6 Å². The van der Waals surface area contributed by atoms with Crippen LogP contribution in [0.25, 0.3) is 0 Å². The quantitative estimate of drug-likeness (QED) is 0.456. The molecule has 40 heavy (non-hydrogen) atoms. The van der Waals surface area contributed by atoms with Crippen molar-refractivity contribution in [1.29, 1.82) is 0 Å². The fourth-order valence-electron chi connectivity index (χ4n) is 9.39. The number of nitrogens with zero attached hydrogens (tertiary/aromatic N) is 2. The fourth-order valence-corrected chi connectivity index (χ4v) is 9.39. The van der Waals surface area contributed by atoms with E-state index in [0.717, 1.165) is 57.8 Å². The fraction of sp³-hybridized carbons (Fsp3) is 0.719. The molecule has 3 amide bonds. The Bertz CT molecular complexity index is 1080. The number of likely N-dealkylation sites (tertiary alicyclic amines) is 1. The molecule has 0 radical (unpaired) electrons. The van der Waals surface area contributed by atoms with Gasteiger partial charge in [0.1, 0.15) is 23.9 Å². The Morgan fingerprint density at radius 3 is 2.27 bits per heavy atom. The number of urea groups is 1. The van der Waals surface area contributed by atoms with Crippen molar-refractivity contribution in [1.82, 2.24) is 4.90 Å². The second-order valence-electron chi connectivity index (χ2n) is 13.4. The third-order valence-electron chi connectivity index (χ3n) is 10.6. The van der Waals surface area contributed by atoms with E-state index in [0.29, 0.717) is 41.5 Å². The molecule has 2 unspecified atom stereocenters. The van der Waals surface area contributed by atoms with E-state index in [4.69, 9.17) is 15.2 Å². The van der Waals surface area contributed by atoms with E-state index < -0.39 is 12.1 Å². The monoisotopic (exact) mass is 551 g/mol. The smallest absolute Gasteiger partial charge is 0.326 e.